The van der Waals surface area contributed by atoms with Gasteiger partial charge in [-0.2, -0.15) is 11.3 Å². The van der Waals surface area contributed by atoms with Crippen LogP contribution in [0.3, 0.4) is 0 Å². The molecule has 0 radical (unpaired) electrons. The second-order valence-corrected chi connectivity index (χ2v) is 30.5. The summed E-state index contributed by atoms with van der Waals surface area (Å²) in [6, 6.07) is 42.4. The van der Waals surface area contributed by atoms with Crippen LogP contribution in [0.5, 0.6) is 0 Å². The summed E-state index contributed by atoms with van der Waals surface area (Å²) >= 11 is 30.2. The topological polar surface area (TPSA) is 74.8 Å². The lowest BCUT2D eigenvalue weighted by Crippen LogP contribution is -2.21. The molecule has 0 fully saturated rings. The lowest BCUT2D eigenvalue weighted by atomic mass is 9.90. The highest BCUT2D eigenvalue weighted by Crippen LogP contribution is 2.53. The maximum absolute atomic E-state index is 12.1. The van der Waals surface area contributed by atoms with E-state index in [0.717, 1.165) is 28.3 Å². The van der Waals surface area contributed by atoms with E-state index >= 15 is 0 Å². The Morgan fingerprint density at radius 3 is 1.29 bits per heavy atom. The van der Waals surface area contributed by atoms with Crippen LogP contribution in [0.15, 0.2) is 155 Å². The molecule has 12 rings (SSSR count). The lowest BCUT2D eigenvalue weighted by Gasteiger charge is -2.15. The molecule has 0 bridgehead atoms. The van der Waals surface area contributed by atoms with E-state index in [-0.39, 0.29) is 23.4 Å². The van der Waals surface area contributed by atoms with Gasteiger partial charge in [-0.05, 0) is 170 Å². The molecule has 0 atom stereocenters. The summed E-state index contributed by atoms with van der Waals surface area (Å²) in [7, 11) is 6.97. The Labute approximate surface area is 489 Å². The third kappa shape index (κ3) is 10.9. The van der Waals surface area contributed by atoms with Crippen LogP contribution in [0, 0.1) is 0 Å². The van der Waals surface area contributed by atoms with E-state index in [1.54, 1.807) is 50.1 Å². The number of amides is 2. The average molecular weight is 1450 g/mol. The van der Waals surface area contributed by atoms with Gasteiger partial charge >= 0.3 is 0 Å². The first-order valence-corrected chi connectivity index (χ1v) is 31.2. The molecule has 0 saturated carbocycles. The summed E-state index contributed by atoms with van der Waals surface area (Å²) in [6.07, 6.45) is 0. The molecule has 0 N–H and O–H groups in total. The minimum Gasteiger partial charge on any atom is -0.345 e. The molecular formula is C54H34Br6N2O4S6. The number of rotatable bonds is 4. The van der Waals surface area contributed by atoms with E-state index in [0.29, 0.717) is 26.4 Å². The van der Waals surface area contributed by atoms with Crippen molar-refractivity contribution in [3.63, 3.8) is 0 Å². The van der Waals surface area contributed by atoms with Gasteiger partial charge in [-0.15, -0.1) is 56.7 Å². The molecule has 0 unspecified atom stereocenters. The molecule has 0 spiro atoms. The van der Waals surface area contributed by atoms with Crippen LogP contribution in [0.2, 0.25) is 0 Å². The molecule has 72 heavy (non-hydrogen) atoms. The van der Waals surface area contributed by atoms with E-state index in [2.05, 4.69) is 193 Å². The molecule has 362 valence electrons. The monoisotopic (exact) mass is 1440 g/mol. The number of hydrogen-bond donors (Lipinski definition) is 0. The van der Waals surface area contributed by atoms with Crippen molar-refractivity contribution in [2.75, 3.05) is 28.2 Å². The van der Waals surface area contributed by atoms with Crippen LogP contribution < -0.4 is 0 Å². The molecule has 5 aromatic carbocycles. The fourth-order valence-corrected chi connectivity index (χ4v) is 18.0. The van der Waals surface area contributed by atoms with E-state index in [1.807, 2.05) is 45.6 Å². The highest BCUT2D eigenvalue weighted by molar-refractivity contribution is 9.12. The maximum Gasteiger partial charge on any atom is 0.255 e. The number of thiophene rings is 6. The summed E-state index contributed by atoms with van der Waals surface area (Å²) in [6.45, 7) is 0. The number of carbonyl (C=O) groups excluding carboxylic acids is 4. The number of ketones is 2. The second kappa shape index (κ2) is 22.8. The fraction of sp³-hybridized carbons (Fsp3) is 0.0741. The third-order valence-electron chi connectivity index (χ3n) is 11.3. The van der Waals surface area contributed by atoms with Gasteiger partial charge in [0.15, 0.2) is 0 Å². The van der Waals surface area contributed by atoms with Gasteiger partial charge in [0.2, 0.25) is 11.6 Å². The summed E-state index contributed by atoms with van der Waals surface area (Å²) in [4.78, 5) is 51.0. The average Bonchev–Trinajstić information content (AvgIpc) is 4.25. The van der Waals surface area contributed by atoms with E-state index in [1.165, 1.54) is 109 Å². The Balaban J connectivity index is 0.000000139. The zero-order valence-corrected chi connectivity index (χ0v) is 52.4. The predicted octanol–water partition coefficient (Wildman–Crippen LogP) is 19.8. The maximum atomic E-state index is 12.1. The van der Waals surface area contributed by atoms with E-state index in [9.17, 15) is 19.2 Å². The molecule has 6 nitrogen and oxygen atoms in total. The molecular weight excluding hydrogens is 1410 g/mol. The summed E-state index contributed by atoms with van der Waals surface area (Å²) in [5.41, 5.74) is 7.74. The second-order valence-electron chi connectivity index (χ2n) is 16.3. The van der Waals surface area contributed by atoms with Gasteiger partial charge < -0.3 is 9.80 Å². The number of benzene rings is 5. The van der Waals surface area contributed by atoms with Gasteiger partial charge in [0.1, 0.15) is 0 Å². The number of halogens is 6. The smallest absolute Gasteiger partial charge is 0.255 e. The van der Waals surface area contributed by atoms with Crippen molar-refractivity contribution in [3.05, 3.63) is 187 Å². The van der Waals surface area contributed by atoms with Gasteiger partial charge in [-0.3, -0.25) is 19.2 Å². The molecule has 1 aliphatic rings. The molecule has 0 aliphatic heterocycles. The third-order valence-corrected chi connectivity index (χ3v) is 20.9. The lowest BCUT2D eigenvalue weighted by molar-refractivity contribution is 0.0820. The van der Waals surface area contributed by atoms with Crippen LogP contribution >= 0.6 is 164 Å². The van der Waals surface area contributed by atoms with E-state index in [4.69, 9.17) is 0 Å². The van der Waals surface area contributed by atoms with Crippen molar-refractivity contribution in [3.8, 4) is 22.3 Å². The first kappa shape index (κ1) is 53.3. The fourth-order valence-electron chi connectivity index (χ4n) is 8.14. The van der Waals surface area contributed by atoms with Crippen LogP contribution in [0.1, 0.15) is 51.2 Å². The largest absolute Gasteiger partial charge is 0.345 e. The molecule has 2 amide bonds. The van der Waals surface area contributed by atoms with Crippen LogP contribution in [-0.2, 0) is 0 Å². The highest BCUT2D eigenvalue weighted by Gasteiger charge is 2.34. The zero-order chi connectivity index (χ0) is 51.1. The van der Waals surface area contributed by atoms with Crippen molar-refractivity contribution in [2.45, 2.75) is 0 Å². The number of fused-ring (bicyclic) bond motifs is 6. The summed E-state index contributed by atoms with van der Waals surface area (Å²) in [5.74, 6) is -0.0189. The number of nitrogens with zero attached hydrogens (tertiary/aromatic N) is 2. The van der Waals surface area contributed by atoms with Crippen molar-refractivity contribution in [1.82, 2.24) is 9.80 Å². The number of hydrogen-bond acceptors (Lipinski definition) is 10. The predicted molar refractivity (Wildman–Crippen MR) is 329 cm³/mol. The summed E-state index contributed by atoms with van der Waals surface area (Å²) < 4.78 is 8.41. The minimum atomic E-state index is -0.0535. The van der Waals surface area contributed by atoms with Crippen LogP contribution in [0.4, 0.5) is 0 Å². The van der Waals surface area contributed by atoms with Crippen molar-refractivity contribution < 1.29 is 19.2 Å². The van der Waals surface area contributed by atoms with Crippen molar-refractivity contribution in [1.29, 1.82) is 0 Å². The molecule has 1 aliphatic carbocycles. The molecule has 6 aromatic heterocycles. The van der Waals surface area contributed by atoms with Gasteiger partial charge in [-0.25, -0.2) is 0 Å². The van der Waals surface area contributed by atoms with Gasteiger partial charge in [0.05, 0.1) is 43.6 Å². The first-order valence-electron chi connectivity index (χ1n) is 21.4. The van der Waals surface area contributed by atoms with Gasteiger partial charge in [0, 0.05) is 76.0 Å². The first-order chi connectivity index (χ1) is 34.5. The Bertz CT molecular complexity index is 3600. The Morgan fingerprint density at radius 1 is 0.444 bits per heavy atom. The normalized spacial score (nSPS) is 11.6. The van der Waals surface area contributed by atoms with E-state index < -0.39 is 0 Å². The van der Waals surface area contributed by atoms with Crippen molar-refractivity contribution >= 4 is 229 Å². The molecule has 18 heteroatoms. The molecule has 6 heterocycles. The quantitative estimate of drug-likeness (QED) is 0.176. The van der Waals surface area contributed by atoms with Crippen LogP contribution in [0.25, 0.3) is 64.0 Å². The van der Waals surface area contributed by atoms with Gasteiger partial charge in [-0.1, -0.05) is 84.9 Å². The standard InChI is InChI=1S/C30H16Br2S2.C10H2Br2O2S2.C7H7Br2NOS.C7H9NOS/c31-25-15-23-27(21-13-5-9-17-7-1-3-11-19(17)21)29-24(16-26(32)33-29)28(30(23)34-25)22-14-6-10-18-8-2-4-12-20(18)22;11-5-1-3-7(13)10-4(2-6(12)16-10)8(14)9(3)15-5;1-10(2)7(11)4-3-5(8)12-6(4)9;1-8(2)7(9)6-3-4-10-5-6/h1-16H;1-2H;3H,1-2H3;3-5H,1-2H3. The zero-order valence-electron chi connectivity index (χ0n) is 37.9. The SMILES string of the molecule is Brc1cc2c(-c3cccc4ccccc34)c3sc(Br)cc3c(-c3cccc4ccccc34)c2s1.CN(C)C(=O)c1cc(Br)sc1Br.CN(C)C(=O)c1ccsc1.O=C1c2cc(Br)sc2C(=O)c2cc(Br)sc21. The Morgan fingerprint density at radius 2 is 0.875 bits per heavy atom. The molecule has 11 aromatic rings. The Hall–Kier alpha value is -3.50. The van der Waals surface area contributed by atoms with Gasteiger partial charge in [0.25, 0.3) is 11.8 Å². The molecule has 0 saturated heterocycles. The summed E-state index contributed by atoms with van der Waals surface area (Å²) in [5, 5.41) is 11.5. The van der Waals surface area contributed by atoms with Crippen molar-refractivity contribution in [2.24, 2.45) is 0 Å². The van der Waals surface area contributed by atoms with Crippen LogP contribution in [-0.4, -0.2) is 61.4 Å². The number of carbonyl (C=O) groups is 4. The Kier molecular flexibility index (Phi) is 16.9. The highest BCUT2D eigenvalue weighted by atomic mass is 79.9. The minimum absolute atomic E-state index is 0.0174.